The normalized spacial score (nSPS) is 33.5. The summed E-state index contributed by atoms with van der Waals surface area (Å²) in [5.41, 5.74) is 0. The SMILES string of the molecule is CC(=O)C(O)C(O)C(=O)O.CC(=O)C(O)C(O)C(O)C(O)C(=O)O.CC1OC(C(=O)O)=CC(O)C1O.CC1OC(C(=O)O)C(O)C(O)C1O.CC1OC(CO)C(O)C(O)C1O. The number of carbonyl (C=O) groups is 6. The van der Waals surface area contributed by atoms with E-state index in [1.807, 2.05) is 0 Å². The Kier molecular flexibility index (Phi) is 26.4. The van der Waals surface area contributed by atoms with Crippen LogP contribution in [0.5, 0.6) is 0 Å². The fourth-order valence-electron chi connectivity index (χ4n) is 4.62. The zero-order valence-corrected chi connectivity index (χ0v) is 32.9. The monoisotopic (exact) mass is 900 g/mol. The number of carboxylic acid groups (broad SMARTS) is 4. The van der Waals surface area contributed by atoms with E-state index in [0.717, 1.165) is 19.9 Å². The molecule has 61 heavy (non-hydrogen) atoms. The Hall–Kier alpha value is -3.92. The van der Waals surface area contributed by atoms with Gasteiger partial charge in [0.1, 0.15) is 85.5 Å². The molecule has 2 fully saturated rings. The van der Waals surface area contributed by atoms with Gasteiger partial charge in [0.05, 0.1) is 18.8 Å². The third kappa shape index (κ3) is 18.5. The Balaban J connectivity index is 0. The van der Waals surface area contributed by atoms with Gasteiger partial charge in [-0.25, -0.2) is 19.2 Å². The molecule has 0 aromatic carbocycles. The van der Waals surface area contributed by atoms with Crippen molar-refractivity contribution in [2.24, 2.45) is 0 Å². The Morgan fingerprint density at radius 3 is 1.30 bits per heavy atom. The molecule has 3 heterocycles. The van der Waals surface area contributed by atoms with Crippen molar-refractivity contribution in [3.63, 3.8) is 0 Å². The average Bonchev–Trinajstić information content (AvgIpc) is 3.19. The molecule has 356 valence electrons. The summed E-state index contributed by atoms with van der Waals surface area (Å²) >= 11 is 0. The standard InChI is InChI=1S/C7H12O7.C7H12O6.C7H14O5.C7H10O5.C5H8O5/c1-2(8)3(9)4(10)5(11)6(12)7(13)14;1-2-3(8)4(9)5(10)6(13-2)7(11)12;1-3-5(9)7(11)6(10)4(2-8)12-3;1-3-6(9)4(8)2-5(12-3)7(10)11;1-2(6)3(7)4(8)5(9)10/h3-6,9-12H,1H3,(H,13,14);2-6,8-10H,1H3,(H,11,12);3-11H,2H2,1H3;2-4,6,8-9H,1H3,(H,10,11);3-4,7-8H,1H3,(H,9,10). The van der Waals surface area contributed by atoms with Gasteiger partial charge in [0.25, 0.3) is 0 Å². The highest BCUT2D eigenvalue weighted by atomic mass is 16.6. The van der Waals surface area contributed by atoms with Gasteiger partial charge in [-0.15, -0.1) is 0 Å². The number of hydrogen-bond donors (Lipinski definition) is 19. The number of aliphatic hydroxyl groups is 15. The summed E-state index contributed by atoms with van der Waals surface area (Å²) in [6, 6.07) is 0. The Morgan fingerprint density at radius 2 is 0.951 bits per heavy atom. The van der Waals surface area contributed by atoms with Crippen LogP contribution in [0.25, 0.3) is 0 Å². The number of carbonyl (C=O) groups excluding carboxylic acids is 2. The zero-order chi connectivity index (χ0) is 48.5. The summed E-state index contributed by atoms with van der Waals surface area (Å²) in [6.45, 7) is 6.07. The summed E-state index contributed by atoms with van der Waals surface area (Å²) in [5.74, 6) is -7.89. The van der Waals surface area contributed by atoms with Gasteiger partial charge < -0.3 is 111 Å². The van der Waals surface area contributed by atoms with Crippen LogP contribution in [0.3, 0.4) is 0 Å². The molecule has 19 N–H and O–H groups in total. The summed E-state index contributed by atoms with van der Waals surface area (Å²) in [7, 11) is 0. The van der Waals surface area contributed by atoms with E-state index in [1.165, 1.54) is 13.8 Å². The minimum atomic E-state index is -2.25. The molecule has 0 aromatic heterocycles. The lowest BCUT2D eigenvalue weighted by Crippen LogP contribution is -2.58. The van der Waals surface area contributed by atoms with Gasteiger partial charge in [-0.1, -0.05) is 0 Å². The molecule has 28 heteroatoms. The second-order valence-corrected chi connectivity index (χ2v) is 13.4. The molecule has 3 aliphatic heterocycles. The molecule has 0 aliphatic carbocycles. The number of ketones is 2. The number of rotatable bonds is 11. The van der Waals surface area contributed by atoms with E-state index in [0.29, 0.717) is 0 Å². The minimum Gasteiger partial charge on any atom is -0.481 e. The van der Waals surface area contributed by atoms with E-state index in [1.54, 1.807) is 6.92 Å². The van der Waals surface area contributed by atoms with Crippen LogP contribution in [0.15, 0.2) is 11.8 Å². The van der Waals surface area contributed by atoms with Gasteiger partial charge >= 0.3 is 23.9 Å². The molecule has 2 saturated heterocycles. The Morgan fingerprint density at radius 1 is 0.541 bits per heavy atom. The average molecular weight is 901 g/mol. The van der Waals surface area contributed by atoms with Crippen molar-refractivity contribution >= 4 is 35.4 Å². The number of Topliss-reactive ketones (excluding diaryl/α,β-unsaturated/α-hetero) is 2. The van der Waals surface area contributed by atoms with Gasteiger partial charge in [0, 0.05) is 0 Å². The van der Waals surface area contributed by atoms with Crippen LogP contribution in [0, 0.1) is 0 Å². The lowest BCUT2D eigenvalue weighted by Gasteiger charge is -2.38. The predicted molar refractivity (Wildman–Crippen MR) is 190 cm³/mol. The molecule has 19 unspecified atom stereocenters. The summed E-state index contributed by atoms with van der Waals surface area (Å²) in [5, 5.41) is 168. The number of carboxylic acids is 4. The number of aliphatic carboxylic acids is 4. The maximum atomic E-state index is 10.5. The first-order chi connectivity index (χ1) is 27.8. The van der Waals surface area contributed by atoms with Gasteiger partial charge in [-0.05, 0) is 40.7 Å². The Bertz CT molecular complexity index is 1390. The summed E-state index contributed by atoms with van der Waals surface area (Å²) in [4.78, 5) is 61.6. The molecule has 3 rings (SSSR count). The van der Waals surface area contributed by atoms with Gasteiger partial charge in [0.2, 0.25) is 5.76 Å². The highest BCUT2D eigenvalue weighted by Crippen LogP contribution is 2.22. The summed E-state index contributed by atoms with van der Waals surface area (Å²) < 4.78 is 14.6. The van der Waals surface area contributed by atoms with E-state index in [-0.39, 0.29) is 12.4 Å². The van der Waals surface area contributed by atoms with Gasteiger partial charge in [0.15, 0.2) is 29.9 Å². The second-order valence-electron chi connectivity index (χ2n) is 13.4. The first kappa shape index (κ1) is 59.2. The van der Waals surface area contributed by atoms with Crippen molar-refractivity contribution in [2.45, 2.75) is 151 Å². The van der Waals surface area contributed by atoms with E-state index in [2.05, 4.69) is 0 Å². The molecule has 0 aromatic rings. The smallest absolute Gasteiger partial charge is 0.370 e. The first-order valence-electron chi connectivity index (χ1n) is 17.6. The van der Waals surface area contributed by atoms with Crippen LogP contribution < -0.4 is 0 Å². The van der Waals surface area contributed by atoms with Crippen molar-refractivity contribution in [1.82, 2.24) is 0 Å². The maximum absolute atomic E-state index is 10.5. The van der Waals surface area contributed by atoms with Crippen LogP contribution in [0.1, 0.15) is 34.6 Å². The first-order valence-corrected chi connectivity index (χ1v) is 17.6. The highest BCUT2D eigenvalue weighted by Gasteiger charge is 2.45. The zero-order valence-electron chi connectivity index (χ0n) is 32.9. The van der Waals surface area contributed by atoms with Crippen LogP contribution in [0.4, 0.5) is 0 Å². The van der Waals surface area contributed by atoms with E-state index >= 15 is 0 Å². The highest BCUT2D eigenvalue weighted by molar-refractivity contribution is 5.87. The lowest BCUT2D eigenvalue weighted by molar-refractivity contribution is -0.224. The predicted octanol–water partition coefficient (Wildman–Crippen LogP) is -9.63. The maximum Gasteiger partial charge on any atom is 0.370 e. The molecule has 28 nitrogen and oxygen atoms in total. The molecule has 19 atom stereocenters. The number of hydrogen-bond acceptors (Lipinski definition) is 24. The van der Waals surface area contributed by atoms with Gasteiger partial charge in [-0.3, -0.25) is 9.59 Å². The van der Waals surface area contributed by atoms with Crippen LogP contribution in [0.2, 0.25) is 0 Å². The molecular formula is C33H56O28. The van der Waals surface area contributed by atoms with Crippen LogP contribution >= 0.6 is 0 Å². The fourth-order valence-corrected chi connectivity index (χ4v) is 4.62. The van der Waals surface area contributed by atoms with Crippen molar-refractivity contribution < 1.29 is 140 Å². The van der Waals surface area contributed by atoms with Gasteiger partial charge in [-0.2, -0.15) is 0 Å². The minimum absolute atomic E-state index is 0.319. The molecule has 3 aliphatic rings. The molecule has 0 bridgehead atoms. The van der Waals surface area contributed by atoms with Crippen molar-refractivity contribution in [2.75, 3.05) is 6.61 Å². The van der Waals surface area contributed by atoms with E-state index < -0.39 is 151 Å². The summed E-state index contributed by atoms with van der Waals surface area (Å²) in [6.07, 6.45) is -25.7. The van der Waals surface area contributed by atoms with E-state index in [4.69, 9.17) is 80.6 Å². The fraction of sp³-hybridized carbons (Fsp3) is 0.758. The Labute approximate surface area is 344 Å². The third-order valence-electron chi connectivity index (χ3n) is 8.54. The number of aliphatic hydroxyl groups excluding tert-OH is 15. The molecule has 0 spiro atoms. The number of ether oxygens (including phenoxy) is 3. The van der Waals surface area contributed by atoms with Crippen LogP contribution in [-0.4, -0.2) is 255 Å². The van der Waals surface area contributed by atoms with Crippen molar-refractivity contribution in [1.29, 1.82) is 0 Å². The quantitative estimate of drug-likeness (QED) is 0.0915. The lowest BCUT2D eigenvalue weighted by atomic mass is 9.96. The largest absolute Gasteiger partial charge is 0.481 e. The molecule has 0 amide bonds. The third-order valence-corrected chi connectivity index (χ3v) is 8.54. The van der Waals surface area contributed by atoms with E-state index in [9.17, 15) is 59.4 Å². The second kappa shape index (κ2) is 27.2. The van der Waals surface area contributed by atoms with Crippen molar-refractivity contribution in [3.05, 3.63) is 11.8 Å². The topological polar surface area (TPSA) is 514 Å². The van der Waals surface area contributed by atoms with Crippen LogP contribution in [-0.2, 0) is 43.0 Å². The molecular weight excluding hydrogens is 844 g/mol. The van der Waals surface area contributed by atoms with Crippen molar-refractivity contribution in [3.8, 4) is 0 Å². The molecule has 0 radical (unpaired) electrons. The molecule has 0 saturated carbocycles.